The summed E-state index contributed by atoms with van der Waals surface area (Å²) in [5.74, 6) is 0.673. The number of hydrogen-bond donors (Lipinski definition) is 0. The first-order chi connectivity index (χ1) is 13.2. The van der Waals surface area contributed by atoms with E-state index in [2.05, 4.69) is 22.2 Å². The summed E-state index contributed by atoms with van der Waals surface area (Å²) in [6.45, 7) is 2.01. The number of anilines is 1. The van der Waals surface area contributed by atoms with Gasteiger partial charge in [0.05, 0.1) is 12.1 Å². The van der Waals surface area contributed by atoms with Crippen molar-refractivity contribution in [2.45, 2.75) is 38.3 Å². The molecule has 0 bridgehead atoms. The number of carbonyl (C=O) groups excluding carboxylic acids is 1. The number of benzene rings is 2. The minimum absolute atomic E-state index is 0.0232. The maximum absolute atomic E-state index is 13.0. The monoisotopic (exact) mass is 380 g/mol. The van der Waals surface area contributed by atoms with E-state index in [-0.39, 0.29) is 18.0 Å². The van der Waals surface area contributed by atoms with Crippen LogP contribution < -0.4 is 4.90 Å². The van der Waals surface area contributed by atoms with Gasteiger partial charge in [0, 0.05) is 11.4 Å². The Morgan fingerprint density at radius 1 is 1.07 bits per heavy atom. The maximum Gasteiger partial charge on any atom is 0.231 e. The second kappa shape index (κ2) is 7.53. The van der Waals surface area contributed by atoms with Gasteiger partial charge in [0.15, 0.2) is 0 Å². The van der Waals surface area contributed by atoms with E-state index in [1.54, 1.807) is 4.90 Å². The molecule has 0 N–H and O–H groups in total. The highest BCUT2D eigenvalue weighted by Gasteiger charge is 2.38. The molecule has 0 spiro atoms. The summed E-state index contributed by atoms with van der Waals surface area (Å²) in [7, 11) is 0. The van der Waals surface area contributed by atoms with Crippen LogP contribution in [-0.2, 0) is 4.79 Å². The van der Waals surface area contributed by atoms with E-state index in [1.807, 2.05) is 54.1 Å². The van der Waals surface area contributed by atoms with Gasteiger partial charge in [-0.05, 0) is 36.1 Å². The Bertz CT molecular complexity index is 923. The first kappa shape index (κ1) is 17.7. The molecule has 1 amide bonds. The van der Waals surface area contributed by atoms with Gasteiger partial charge in [0.2, 0.25) is 11.9 Å². The fourth-order valence-electron chi connectivity index (χ4n) is 3.73. The molecule has 2 unspecified atom stereocenters. The average molecular weight is 381 g/mol. The number of amides is 1. The van der Waals surface area contributed by atoms with Crippen LogP contribution in [0.3, 0.4) is 0 Å². The molecule has 0 radical (unpaired) electrons. The number of aromatic nitrogens is 3. The van der Waals surface area contributed by atoms with Crippen molar-refractivity contribution in [2.24, 2.45) is 0 Å². The van der Waals surface area contributed by atoms with Crippen LogP contribution in [0, 0.1) is 0 Å². The van der Waals surface area contributed by atoms with E-state index < -0.39 is 0 Å². The lowest BCUT2D eigenvalue weighted by Gasteiger charge is -2.39. The number of nitrogens with zero attached hydrogens (tertiary/aromatic N) is 4. The van der Waals surface area contributed by atoms with Crippen LogP contribution in [0.5, 0.6) is 0 Å². The predicted molar refractivity (Wildman–Crippen MR) is 106 cm³/mol. The topological polar surface area (TPSA) is 51.0 Å². The quantitative estimate of drug-likeness (QED) is 0.653. The second-order valence-corrected chi connectivity index (χ2v) is 7.18. The molecule has 4 rings (SSSR count). The van der Waals surface area contributed by atoms with Crippen molar-refractivity contribution in [1.82, 2.24) is 14.8 Å². The number of carbonyl (C=O) groups is 1. The zero-order valence-electron chi connectivity index (χ0n) is 15.1. The van der Waals surface area contributed by atoms with Crippen molar-refractivity contribution in [1.29, 1.82) is 0 Å². The Kier molecular flexibility index (Phi) is 4.94. The minimum atomic E-state index is -0.108. The molecule has 1 aliphatic rings. The third-order valence-corrected chi connectivity index (χ3v) is 5.25. The van der Waals surface area contributed by atoms with Gasteiger partial charge in [-0.3, -0.25) is 9.69 Å². The van der Waals surface area contributed by atoms with Crippen molar-refractivity contribution in [3.8, 4) is 0 Å². The molecule has 0 saturated heterocycles. The third kappa shape index (κ3) is 3.35. The van der Waals surface area contributed by atoms with E-state index in [9.17, 15) is 4.79 Å². The number of halogens is 1. The Morgan fingerprint density at radius 3 is 2.48 bits per heavy atom. The predicted octanol–water partition coefficient (Wildman–Crippen LogP) is 4.80. The van der Waals surface area contributed by atoms with E-state index in [0.717, 1.165) is 24.0 Å². The van der Waals surface area contributed by atoms with Gasteiger partial charge in [0.25, 0.3) is 0 Å². The highest BCUT2D eigenvalue weighted by Crippen LogP contribution is 2.42. The fraction of sp³-hybridized carbons (Fsp3) is 0.286. The molecule has 3 aromatic rings. The summed E-state index contributed by atoms with van der Waals surface area (Å²) in [6, 6.07) is 17.9. The van der Waals surface area contributed by atoms with Crippen LogP contribution in [0.25, 0.3) is 0 Å². The Hall–Kier alpha value is -2.66. The van der Waals surface area contributed by atoms with Crippen molar-refractivity contribution >= 4 is 23.5 Å². The second-order valence-electron chi connectivity index (χ2n) is 6.75. The summed E-state index contributed by atoms with van der Waals surface area (Å²) < 4.78 is 1.87. The molecule has 2 aromatic carbocycles. The zero-order valence-corrected chi connectivity index (χ0v) is 15.9. The highest BCUT2D eigenvalue weighted by atomic mass is 35.5. The molecule has 2 heterocycles. The Labute approximate surface area is 163 Å². The lowest BCUT2D eigenvalue weighted by Crippen LogP contribution is -2.42. The standard InChI is InChI=1S/C21H21ClN4O/c1-2-6-20(27)25-18(16-9-11-17(22)12-10-16)13-19(15-7-4-3-5-8-15)26-21(25)23-14-24-26/h3-5,7-12,14,18-19H,2,6,13H2,1H3. The molecule has 0 aliphatic carbocycles. The number of hydrogen-bond acceptors (Lipinski definition) is 3. The lowest BCUT2D eigenvalue weighted by molar-refractivity contribution is -0.119. The van der Waals surface area contributed by atoms with Gasteiger partial charge in [-0.25, -0.2) is 4.68 Å². The van der Waals surface area contributed by atoms with Gasteiger partial charge in [-0.15, -0.1) is 0 Å². The van der Waals surface area contributed by atoms with E-state index in [4.69, 9.17) is 11.6 Å². The minimum Gasteiger partial charge on any atom is -0.274 e. The largest absolute Gasteiger partial charge is 0.274 e. The van der Waals surface area contributed by atoms with Crippen molar-refractivity contribution in [3.05, 3.63) is 77.1 Å². The molecule has 5 nitrogen and oxygen atoms in total. The molecule has 0 fully saturated rings. The van der Waals surface area contributed by atoms with E-state index in [1.165, 1.54) is 6.33 Å². The lowest BCUT2D eigenvalue weighted by atomic mass is 9.91. The first-order valence-corrected chi connectivity index (χ1v) is 9.58. The van der Waals surface area contributed by atoms with E-state index >= 15 is 0 Å². The molecule has 27 heavy (non-hydrogen) atoms. The molecule has 0 saturated carbocycles. The van der Waals surface area contributed by atoms with Crippen LogP contribution in [-0.4, -0.2) is 20.7 Å². The molecule has 1 aliphatic heterocycles. The molecular weight excluding hydrogens is 360 g/mol. The van der Waals surface area contributed by atoms with Crippen molar-refractivity contribution in [3.63, 3.8) is 0 Å². The van der Waals surface area contributed by atoms with E-state index in [0.29, 0.717) is 17.4 Å². The average Bonchev–Trinajstić information content (AvgIpc) is 3.18. The normalized spacial score (nSPS) is 19.0. The first-order valence-electron chi connectivity index (χ1n) is 9.21. The van der Waals surface area contributed by atoms with Crippen LogP contribution in [0.2, 0.25) is 5.02 Å². The molecule has 138 valence electrons. The van der Waals surface area contributed by atoms with Gasteiger partial charge in [-0.1, -0.05) is 61.0 Å². The zero-order chi connectivity index (χ0) is 18.8. The summed E-state index contributed by atoms with van der Waals surface area (Å²) in [5.41, 5.74) is 2.21. The number of rotatable bonds is 4. The molecular formula is C21H21ClN4O. The summed E-state index contributed by atoms with van der Waals surface area (Å²) in [4.78, 5) is 19.2. The summed E-state index contributed by atoms with van der Waals surface area (Å²) in [5, 5.41) is 5.12. The van der Waals surface area contributed by atoms with Crippen molar-refractivity contribution < 1.29 is 4.79 Å². The molecule has 6 heteroatoms. The third-order valence-electron chi connectivity index (χ3n) is 4.99. The van der Waals surface area contributed by atoms with Crippen molar-refractivity contribution in [2.75, 3.05) is 4.90 Å². The van der Waals surface area contributed by atoms with Crippen LogP contribution in [0.1, 0.15) is 49.4 Å². The fourth-order valence-corrected chi connectivity index (χ4v) is 3.86. The Morgan fingerprint density at radius 2 is 1.78 bits per heavy atom. The summed E-state index contributed by atoms with van der Waals surface area (Å²) >= 11 is 6.08. The molecule has 2 atom stereocenters. The van der Waals surface area contributed by atoms with Gasteiger partial charge < -0.3 is 0 Å². The van der Waals surface area contributed by atoms with Gasteiger partial charge in [0.1, 0.15) is 6.33 Å². The van der Waals surface area contributed by atoms with Crippen LogP contribution in [0.4, 0.5) is 5.95 Å². The SMILES string of the molecule is CCCC(=O)N1c2ncnn2C(c2ccccc2)CC1c1ccc(Cl)cc1. The number of fused-ring (bicyclic) bond motifs is 1. The highest BCUT2D eigenvalue weighted by molar-refractivity contribution is 6.30. The van der Waals surface area contributed by atoms with Gasteiger partial charge >= 0.3 is 0 Å². The molecule has 1 aromatic heterocycles. The van der Waals surface area contributed by atoms with Crippen LogP contribution in [0.15, 0.2) is 60.9 Å². The smallest absolute Gasteiger partial charge is 0.231 e. The van der Waals surface area contributed by atoms with Gasteiger partial charge in [-0.2, -0.15) is 10.1 Å². The van der Waals surface area contributed by atoms with Crippen LogP contribution >= 0.6 is 11.6 Å². The summed E-state index contributed by atoms with van der Waals surface area (Å²) in [6.07, 6.45) is 3.53. The Balaban J connectivity index is 1.82. The maximum atomic E-state index is 13.0.